The van der Waals surface area contributed by atoms with Crippen molar-refractivity contribution in [2.75, 3.05) is 6.61 Å². The highest BCUT2D eigenvalue weighted by molar-refractivity contribution is 5.71. The van der Waals surface area contributed by atoms with Gasteiger partial charge < -0.3 is 4.74 Å². The lowest BCUT2D eigenvalue weighted by atomic mass is 9.90. The number of carbonyl (C=O) groups is 1. The Balaban J connectivity index is 1.84. The summed E-state index contributed by atoms with van der Waals surface area (Å²) in [4.78, 5) is 13.0. The first-order valence-corrected chi connectivity index (χ1v) is 5.53. The monoisotopic (exact) mass is 215 g/mol. The number of nitrogens with zero attached hydrogens (tertiary/aromatic N) is 1. The summed E-state index contributed by atoms with van der Waals surface area (Å²) >= 11 is 0. The molecule has 2 aliphatic rings. The van der Waals surface area contributed by atoms with E-state index in [9.17, 15) is 4.79 Å². The van der Waals surface area contributed by atoms with E-state index in [1.807, 2.05) is 24.4 Å². The molecule has 0 aliphatic carbocycles. The highest BCUT2D eigenvalue weighted by Gasteiger charge is 2.35. The van der Waals surface area contributed by atoms with Gasteiger partial charge in [-0.3, -0.25) is 4.90 Å². The Morgan fingerprint density at radius 2 is 2.06 bits per heavy atom. The molecule has 1 aromatic carbocycles. The summed E-state index contributed by atoms with van der Waals surface area (Å²) in [6.07, 6.45) is 4.68. The third kappa shape index (κ3) is 1.48. The lowest BCUT2D eigenvalue weighted by molar-refractivity contribution is 0.166. The second-order valence-electron chi connectivity index (χ2n) is 4.23. The molecule has 3 rings (SSSR count). The maximum absolute atomic E-state index is 11.3. The van der Waals surface area contributed by atoms with Gasteiger partial charge >= 0.3 is 6.09 Å². The second-order valence-corrected chi connectivity index (χ2v) is 4.23. The summed E-state index contributed by atoms with van der Waals surface area (Å²) in [6.45, 7) is 0.520. The lowest BCUT2D eigenvalue weighted by Crippen LogP contribution is -2.32. The number of hydrogen-bond donors (Lipinski definition) is 0. The summed E-state index contributed by atoms with van der Waals surface area (Å²) in [5.74, 6) is 0.400. The first-order chi connectivity index (χ1) is 7.84. The molecule has 3 nitrogen and oxygen atoms in total. The van der Waals surface area contributed by atoms with Crippen molar-refractivity contribution in [3.05, 3.63) is 48.2 Å². The molecule has 2 unspecified atom stereocenters. The third-order valence-corrected chi connectivity index (χ3v) is 3.24. The largest absolute Gasteiger partial charge is 0.447 e. The van der Waals surface area contributed by atoms with E-state index in [-0.39, 0.29) is 12.1 Å². The van der Waals surface area contributed by atoms with Gasteiger partial charge in [0, 0.05) is 12.1 Å². The quantitative estimate of drug-likeness (QED) is 0.720. The predicted octanol–water partition coefficient (Wildman–Crippen LogP) is 2.51. The van der Waals surface area contributed by atoms with E-state index < -0.39 is 0 Å². The van der Waals surface area contributed by atoms with Gasteiger partial charge in [0.05, 0.1) is 6.04 Å². The molecule has 2 heterocycles. The Kier molecular flexibility index (Phi) is 2.17. The molecule has 3 heteroatoms. The van der Waals surface area contributed by atoms with Crippen LogP contribution in [0.25, 0.3) is 0 Å². The van der Waals surface area contributed by atoms with Crippen molar-refractivity contribution in [3.8, 4) is 0 Å². The number of carbonyl (C=O) groups excluding carboxylic acids is 1. The second kappa shape index (κ2) is 3.67. The van der Waals surface area contributed by atoms with E-state index in [0.29, 0.717) is 12.5 Å². The molecule has 1 saturated heterocycles. The minimum absolute atomic E-state index is 0.211. The Hall–Kier alpha value is -1.77. The van der Waals surface area contributed by atoms with Gasteiger partial charge in [-0.1, -0.05) is 36.4 Å². The molecule has 0 N–H and O–H groups in total. The maximum atomic E-state index is 11.3. The molecule has 2 aliphatic heterocycles. The number of ether oxygens (including phenoxy) is 1. The Bertz CT molecular complexity index is 427. The fourth-order valence-electron chi connectivity index (χ4n) is 2.35. The van der Waals surface area contributed by atoms with Crippen LogP contribution in [0.2, 0.25) is 0 Å². The number of rotatable bonds is 1. The van der Waals surface area contributed by atoms with E-state index in [1.54, 1.807) is 4.90 Å². The standard InChI is InChI=1S/C13H13NO2/c15-13-14-7-6-11(8-12(14)9-16-13)10-4-2-1-3-5-10/h1-7,11-12H,8-9H2. The maximum Gasteiger partial charge on any atom is 0.414 e. The molecule has 0 spiro atoms. The van der Waals surface area contributed by atoms with Crippen molar-refractivity contribution < 1.29 is 9.53 Å². The first-order valence-electron chi connectivity index (χ1n) is 5.53. The predicted molar refractivity (Wildman–Crippen MR) is 59.9 cm³/mol. The van der Waals surface area contributed by atoms with Gasteiger partial charge in [-0.2, -0.15) is 0 Å². The summed E-state index contributed by atoms with van der Waals surface area (Å²) in [5, 5.41) is 0. The molecule has 82 valence electrons. The van der Waals surface area contributed by atoms with Crippen LogP contribution in [0.15, 0.2) is 42.6 Å². The summed E-state index contributed by atoms with van der Waals surface area (Å²) < 4.78 is 5.02. The SMILES string of the molecule is O=C1OCC2CC(c3ccccc3)C=CN12. The van der Waals surface area contributed by atoms with Crippen LogP contribution in [0.1, 0.15) is 17.9 Å². The average molecular weight is 215 g/mol. The van der Waals surface area contributed by atoms with E-state index in [1.165, 1.54) is 5.56 Å². The Labute approximate surface area is 94.3 Å². The highest BCUT2D eigenvalue weighted by atomic mass is 16.6. The molecule has 0 aromatic heterocycles. The van der Waals surface area contributed by atoms with Crippen molar-refractivity contribution in [1.82, 2.24) is 4.90 Å². The third-order valence-electron chi connectivity index (χ3n) is 3.24. The number of benzene rings is 1. The molecular weight excluding hydrogens is 202 g/mol. The molecule has 2 atom stereocenters. The van der Waals surface area contributed by atoms with Crippen LogP contribution in [-0.4, -0.2) is 23.6 Å². The number of cyclic esters (lactones) is 1. The van der Waals surface area contributed by atoms with Crippen LogP contribution in [0.3, 0.4) is 0 Å². The van der Waals surface area contributed by atoms with Crippen molar-refractivity contribution >= 4 is 6.09 Å². The zero-order valence-corrected chi connectivity index (χ0v) is 8.87. The van der Waals surface area contributed by atoms with Crippen LogP contribution in [0, 0.1) is 0 Å². The van der Waals surface area contributed by atoms with Gasteiger partial charge in [-0.15, -0.1) is 0 Å². The van der Waals surface area contributed by atoms with Gasteiger partial charge in [-0.05, 0) is 12.0 Å². The van der Waals surface area contributed by atoms with Crippen molar-refractivity contribution in [2.45, 2.75) is 18.4 Å². The van der Waals surface area contributed by atoms with Crippen LogP contribution in [0.5, 0.6) is 0 Å². The average Bonchev–Trinajstić information content (AvgIpc) is 2.72. The smallest absolute Gasteiger partial charge is 0.414 e. The molecule has 1 fully saturated rings. The molecular formula is C13H13NO2. The van der Waals surface area contributed by atoms with E-state index in [0.717, 1.165) is 6.42 Å². The van der Waals surface area contributed by atoms with E-state index in [4.69, 9.17) is 4.74 Å². The number of allylic oxidation sites excluding steroid dienone is 1. The summed E-state index contributed by atoms with van der Waals surface area (Å²) in [6, 6.07) is 10.6. The minimum atomic E-state index is -0.215. The minimum Gasteiger partial charge on any atom is -0.447 e. The molecule has 1 aromatic rings. The molecule has 0 saturated carbocycles. The van der Waals surface area contributed by atoms with Crippen LogP contribution in [0.4, 0.5) is 4.79 Å². The van der Waals surface area contributed by atoms with Crippen LogP contribution >= 0.6 is 0 Å². The normalized spacial score (nSPS) is 27.8. The van der Waals surface area contributed by atoms with Gasteiger partial charge in [0.15, 0.2) is 0 Å². The van der Waals surface area contributed by atoms with Gasteiger partial charge in [-0.25, -0.2) is 4.79 Å². The van der Waals surface area contributed by atoms with Gasteiger partial charge in [0.2, 0.25) is 0 Å². The van der Waals surface area contributed by atoms with E-state index >= 15 is 0 Å². The number of fused-ring (bicyclic) bond motifs is 1. The Morgan fingerprint density at radius 3 is 2.88 bits per heavy atom. The van der Waals surface area contributed by atoms with Gasteiger partial charge in [0.25, 0.3) is 0 Å². The van der Waals surface area contributed by atoms with Crippen molar-refractivity contribution in [2.24, 2.45) is 0 Å². The zero-order chi connectivity index (χ0) is 11.0. The van der Waals surface area contributed by atoms with Crippen molar-refractivity contribution in [1.29, 1.82) is 0 Å². The highest BCUT2D eigenvalue weighted by Crippen LogP contribution is 2.31. The molecule has 0 bridgehead atoms. The van der Waals surface area contributed by atoms with Crippen LogP contribution in [-0.2, 0) is 4.74 Å². The lowest BCUT2D eigenvalue weighted by Gasteiger charge is -2.26. The molecule has 1 amide bonds. The first kappa shape index (κ1) is 9.46. The Morgan fingerprint density at radius 1 is 1.25 bits per heavy atom. The van der Waals surface area contributed by atoms with E-state index in [2.05, 4.69) is 18.2 Å². The fourth-order valence-corrected chi connectivity index (χ4v) is 2.35. The summed E-state index contributed by atoms with van der Waals surface area (Å²) in [5.41, 5.74) is 1.30. The fraction of sp³-hybridized carbons (Fsp3) is 0.308. The van der Waals surface area contributed by atoms with Gasteiger partial charge in [0.1, 0.15) is 6.61 Å². The van der Waals surface area contributed by atoms with Crippen molar-refractivity contribution in [3.63, 3.8) is 0 Å². The number of amides is 1. The van der Waals surface area contributed by atoms with Crippen LogP contribution < -0.4 is 0 Å². The molecule has 0 radical (unpaired) electrons. The summed E-state index contributed by atoms with van der Waals surface area (Å²) in [7, 11) is 0. The topological polar surface area (TPSA) is 29.5 Å². The molecule has 16 heavy (non-hydrogen) atoms. The zero-order valence-electron chi connectivity index (χ0n) is 8.87. The number of hydrogen-bond acceptors (Lipinski definition) is 2.